The molecule has 1 amide bonds. The molecule has 0 spiro atoms. The Morgan fingerprint density at radius 2 is 2.25 bits per heavy atom. The fourth-order valence-corrected chi connectivity index (χ4v) is 3.53. The molecular weight excluding hydrogens is 302 g/mol. The lowest BCUT2D eigenvalue weighted by Crippen LogP contribution is -2.44. The summed E-state index contributed by atoms with van der Waals surface area (Å²) in [5.74, 6) is 0.123. The van der Waals surface area contributed by atoms with Crippen molar-refractivity contribution < 1.29 is 4.79 Å². The van der Waals surface area contributed by atoms with Crippen LogP contribution < -0.4 is 0 Å². The Bertz CT molecular complexity index is 661. The first-order chi connectivity index (χ1) is 11.7. The van der Waals surface area contributed by atoms with E-state index in [4.69, 9.17) is 0 Å². The van der Waals surface area contributed by atoms with Gasteiger partial charge in [0.15, 0.2) is 0 Å². The quantitative estimate of drug-likeness (QED) is 0.819. The van der Waals surface area contributed by atoms with Crippen molar-refractivity contribution in [1.82, 2.24) is 24.5 Å². The standard InChI is InChI=1S/C18H27N5O/c1-3-7-15-14-17(21(2)20-15)18(24)23-12-5-4-8-16(23)9-13-22-11-6-10-19-22/h6,10-11,14,16H,3-5,7-9,12-13H2,1-2H3/t16-/m1/s1. The van der Waals surface area contributed by atoms with Gasteiger partial charge in [-0.25, -0.2) is 0 Å². The van der Waals surface area contributed by atoms with E-state index in [1.54, 1.807) is 10.9 Å². The second kappa shape index (κ2) is 7.64. The van der Waals surface area contributed by atoms with Gasteiger partial charge < -0.3 is 4.90 Å². The van der Waals surface area contributed by atoms with Crippen LogP contribution in [0.4, 0.5) is 0 Å². The molecule has 130 valence electrons. The maximum atomic E-state index is 13.1. The first kappa shape index (κ1) is 16.7. The van der Waals surface area contributed by atoms with Gasteiger partial charge in [0.1, 0.15) is 5.69 Å². The molecule has 0 N–H and O–H groups in total. The molecule has 2 aromatic rings. The van der Waals surface area contributed by atoms with Gasteiger partial charge in [-0.15, -0.1) is 0 Å². The van der Waals surface area contributed by atoms with E-state index in [-0.39, 0.29) is 5.91 Å². The number of carbonyl (C=O) groups is 1. The second-order valence-electron chi connectivity index (χ2n) is 6.60. The van der Waals surface area contributed by atoms with Crippen LogP contribution >= 0.6 is 0 Å². The highest BCUT2D eigenvalue weighted by Crippen LogP contribution is 2.23. The van der Waals surface area contributed by atoms with Gasteiger partial charge in [0.2, 0.25) is 0 Å². The zero-order valence-electron chi connectivity index (χ0n) is 14.7. The molecule has 0 saturated carbocycles. The number of carbonyl (C=O) groups excluding carboxylic acids is 1. The van der Waals surface area contributed by atoms with Gasteiger partial charge in [0.05, 0.1) is 5.69 Å². The minimum Gasteiger partial charge on any atom is -0.334 e. The Morgan fingerprint density at radius 3 is 3.00 bits per heavy atom. The van der Waals surface area contributed by atoms with Crippen LogP contribution in [0.25, 0.3) is 0 Å². The lowest BCUT2D eigenvalue weighted by Gasteiger charge is -2.35. The molecule has 6 heteroatoms. The molecule has 1 atom stereocenters. The third-order valence-corrected chi connectivity index (χ3v) is 4.79. The highest BCUT2D eigenvalue weighted by atomic mass is 16.2. The summed E-state index contributed by atoms with van der Waals surface area (Å²) in [6.07, 6.45) is 10.1. The van der Waals surface area contributed by atoms with Gasteiger partial charge in [0, 0.05) is 38.6 Å². The van der Waals surface area contributed by atoms with Crippen LogP contribution in [0, 0.1) is 0 Å². The number of nitrogens with zero attached hydrogens (tertiary/aromatic N) is 5. The molecule has 1 aliphatic rings. The average molecular weight is 329 g/mol. The van der Waals surface area contributed by atoms with E-state index in [2.05, 4.69) is 22.0 Å². The van der Waals surface area contributed by atoms with E-state index in [1.807, 2.05) is 30.1 Å². The van der Waals surface area contributed by atoms with E-state index in [0.29, 0.717) is 11.7 Å². The number of likely N-dealkylation sites (tertiary alicyclic amines) is 1. The molecule has 3 rings (SSSR count). The SMILES string of the molecule is CCCc1cc(C(=O)N2CCCC[C@@H]2CCn2cccn2)n(C)n1. The summed E-state index contributed by atoms with van der Waals surface area (Å²) in [6.45, 7) is 3.83. The van der Waals surface area contributed by atoms with E-state index in [0.717, 1.165) is 50.9 Å². The van der Waals surface area contributed by atoms with Gasteiger partial charge in [-0.1, -0.05) is 13.3 Å². The zero-order chi connectivity index (χ0) is 16.9. The van der Waals surface area contributed by atoms with Crippen molar-refractivity contribution >= 4 is 5.91 Å². The van der Waals surface area contributed by atoms with Crippen LogP contribution in [0.1, 0.15) is 55.2 Å². The fourth-order valence-electron chi connectivity index (χ4n) is 3.53. The van der Waals surface area contributed by atoms with Gasteiger partial charge in [-0.2, -0.15) is 10.2 Å². The van der Waals surface area contributed by atoms with Gasteiger partial charge in [-0.05, 0) is 44.2 Å². The predicted molar refractivity (Wildman–Crippen MR) is 92.7 cm³/mol. The topological polar surface area (TPSA) is 56.0 Å². The van der Waals surface area contributed by atoms with Crippen molar-refractivity contribution in [2.45, 2.75) is 58.0 Å². The summed E-state index contributed by atoms with van der Waals surface area (Å²) in [6, 6.07) is 4.19. The summed E-state index contributed by atoms with van der Waals surface area (Å²) >= 11 is 0. The highest BCUT2D eigenvalue weighted by Gasteiger charge is 2.29. The Labute approximate surface area is 143 Å². The first-order valence-corrected chi connectivity index (χ1v) is 9.00. The Balaban J connectivity index is 1.70. The molecule has 24 heavy (non-hydrogen) atoms. The molecule has 0 unspecified atom stereocenters. The summed E-state index contributed by atoms with van der Waals surface area (Å²) < 4.78 is 3.69. The van der Waals surface area contributed by atoms with Crippen molar-refractivity contribution in [3.63, 3.8) is 0 Å². The van der Waals surface area contributed by atoms with Crippen molar-refractivity contribution in [1.29, 1.82) is 0 Å². The Kier molecular flexibility index (Phi) is 5.33. The molecule has 0 aromatic carbocycles. The molecule has 0 bridgehead atoms. The highest BCUT2D eigenvalue weighted by molar-refractivity contribution is 5.93. The maximum absolute atomic E-state index is 13.1. The smallest absolute Gasteiger partial charge is 0.272 e. The number of hydrogen-bond acceptors (Lipinski definition) is 3. The van der Waals surface area contributed by atoms with Crippen LogP contribution in [0.15, 0.2) is 24.5 Å². The predicted octanol–water partition coefficient (Wildman–Crippen LogP) is 2.65. The van der Waals surface area contributed by atoms with Crippen molar-refractivity contribution in [3.8, 4) is 0 Å². The molecule has 2 aromatic heterocycles. The Morgan fingerprint density at radius 1 is 1.38 bits per heavy atom. The first-order valence-electron chi connectivity index (χ1n) is 9.00. The van der Waals surface area contributed by atoms with Crippen molar-refractivity contribution in [2.75, 3.05) is 6.54 Å². The minimum absolute atomic E-state index is 0.123. The molecule has 1 fully saturated rings. The monoisotopic (exact) mass is 329 g/mol. The second-order valence-corrected chi connectivity index (χ2v) is 6.60. The number of aromatic nitrogens is 4. The lowest BCUT2D eigenvalue weighted by atomic mass is 9.98. The number of amides is 1. The van der Waals surface area contributed by atoms with Crippen molar-refractivity contribution in [2.24, 2.45) is 7.05 Å². The van der Waals surface area contributed by atoms with Crippen LogP contribution in [-0.2, 0) is 20.0 Å². The van der Waals surface area contributed by atoms with Gasteiger partial charge in [-0.3, -0.25) is 14.2 Å². The Hall–Kier alpha value is -2.11. The molecule has 6 nitrogen and oxygen atoms in total. The lowest BCUT2D eigenvalue weighted by molar-refractivity contribution is 0.0582. The number of hydrogen-bond donors (Lipinski definition) is 0. The van der Waals surface area contributed by atoms with E-state index >= 15 is 0 Å². The average Bonchev–Trinajstić information content (AvgIpc) is 3.22. The summed E-state index contributed by atoms with van der Waals surface area (Å²) in [7, 11) is 1.87. The molecule has 3 heterocycles. The zero-order valence-corrected chi connectivity index (χ0v) is 14.7. The third-order valence-electron chi connectivity index (χ3n) is 4.79. The molecule has 0 radical (unpaired) electrons. The largest absolute Gasteiger partial charge is 0.334 e. The maximum Gasteiger partial charge on any atom is 0.272 e. The normalized spacial score (nSPS) is 18.1. The van der Waals surface area contributed by atoms with Crippen LogP contribution in [0.2, 0.25) is 0 Å². The molecule has 1 saturated heterocycles. The van der Waals surface area contributed by atoms with E-state index in [1.165, 1.54) is 6.42 Å². The fraction of sp³-hybridized carbons (Fsp3) is 0.611. The van der Waals surface area contributed by atoms with Crippen LogP contribution in [-0.4, -0.2) is 43.0 Å². The number of piperidine rings is 1. The molecular formula is C18H27N5O. The van der Waals surface area contributed by atoms with Crippen molar-refractivity contribution in [3.05, 3.63) is 35.9 Å². The molecule has 1 aliphatic heterocycles. The number of aryl methyl sites for hydroxylation is 3. The van der Waals surface area contributed by atoms with E-state index < -0.39 is 0 Å². The third kappa shape index (κ3) is 3.68. The van der Waals surface area contributed by atoms with Gasteiger partial charge >= 0.3 is 0 Å². The van der Waals surface area contributed by atoms with Crippen LogP contribution in [0.3, 0.4) is 0 Å². The van der Waals surface area contributed by atoms with E-state index in [9.17, 15) is 4.79 Å². The summed E-state index contributed by atoms with van der Waals surface area (Å²) in [4.78, 5) is 15.1. The van der Waals surface area contributed by atoms with Gasteiger partial charge in [0.25, 0.3) is 5.91 Å². The molecule has 0 aliphatic carbocycles. The number of rotatable bonds is 6. The van der Waals surface area contributed by atoms with Crippen LogP contribution in [0.5, 0.6) is 0 Å². The summed E-state index contributed by atoms with van der Waals surface area (Å²) in [5, 5.41) is 8.75. The minimum atomic E-state index is 0.123. The summed E-state index contributed by atoms with van der Waals surface area (Å²) in [5.41, 5.74) is 1.72.